The highest BCUT2D eigenvalue weighted by molar-refractivity contribution is 5.74. The number of hydrogen-bond acceptors (Lipinski definition) is 8. The number of aliphatic imine (C=N–C) groups is 1. The second-order valence-electron chi connectivity index (χ2n) is 6.65. The summed E-state index contributed by atoms with van der Waals surface area (Å²) in [7, 11) is 1.54. The van der Waals surface area contributed by atoms with E-state index in [0.717, 1.165) is 25.7 Å². The van der Waals surface area contributed by atoms with Crippen LogP contribution in [0.2, 0.25) is 0 Å². The van der Waals surface area contributed by atoms with Crippen LogP contribution in [0.25, 0.3) is 17.3 Å². The summed E-state index contributed by atoms with van der Waals surface area (Å²) in [5.74, 6) is 0.966. The van der Waals surface area contributed by atoms with E-state index in [9.17, 15) is 15.2 Å². The van der Waals surface area contributed by atoms with Gasteiger partial charge in [-0.2, -0.15) is 4.52 Å². The van der Waals surface area contributed by atoms with Crippen LogP contribution in [0.1, 0.15) is 25.7 Å². The number of rotatable bonds is 5. The number of hydrogen-bond donors (Lipinski definition) is 2. The molecule has 0 aromatic carbocycles. The van der Waals surface area contributed by atoms with Gasteiger partial charge in [0.05, 0.1) is 25.5 Å². The normalized spacial score (nSPS) is 20.1. The van der Waals surface area contributed by atoms with Gasteiger partial charge < -0.3 is 20.5 Å². The monoisotopic (exact) mass is 385 g/mol. The van der Waals surface area contributed by atoms with Crippen molar-refractivity contribution in [2.24, 2.45) is 12.0 Å². The van der Waals surface area contributed by atoms with Gasteiger partial charge in [0.2, 0.25) is 5.82 Å². The summed E-state index contributed by atoms with van der Waals surface area (Å²) >= 11 is 0. The summed E-state index contributed by atoms with van der Waals surface area (Å²) in [6, 6.07) is 3.66. The molecule has 3 heterocycles. The van der Waals surface area contributed by atoms with Gasteiger partial charge in [-0.25, -0.2) is 9.55 Å². The van der Waals surface area contributed by atoms with Crippen molar-refractivity contribution in [1.82, 2.24) is 29.4 Å². The van der Waals surface area contributed by atoms with Crippen LogP contribution in [0, 0.1) is 10.1 Å². The van der Waals surface area contributed by atoms with E-state index in [2.05, 4.69) is 30.6 Å². The third-order valence-electron chi connectivity index (χ3n) is 4.78. The Bertz CT molecular complexity index is 1030. The second kappa shape index (κ2) is 7.31. The first-order chi connectivity index (χ1) is 13.5. The zero-order valence-corrected chi connectivity index (χ0v) is 15.1. The molecule has 146 valence electrons. The fraction of sp³-hybridized carbons (Fsp3) is 0.438. The number of nitro groups is 1. The van der Waals surface area contributed by atoms with Gasteiger partial charge in [0, 0.05) is 0 Å². The van der Waals surface area contributed by atoms with Crippen molar-refractivity contribution in [3.05, 3.63) is 28.4 Å². The molecule has 0 bridgehead atoms. The van der Waals surface area contributed by atoms with Gasteiger partial charge in [0.1, 0.15) is 6.20 Å². The zero-order valence-electron chi connectivity index (χ0n) is 15.1. The highest BCUT2D eigenvalue weighted by atomic mass is 16.6. The SMILES string of the molecule is Cn1c([N+](=O)[O-])cnc1-c1nnc2ccc(NC=NC3CCC(O)CC3)nn12. The molecule has 0 radical (unpaired) electrons. The average molecular weight is 385 g/mol. The molecule has 0 spiro atoms. The third kappa shape index (κ3) is 3.41. The van der Waals surface area contributed by atoms with Crippen LogP contribution in [0.5, 0.6) is 0 Å². The van der Waals surface area contributed by atoms with E-state index in [0.29, 0.717) is 23.1 Å². The smallest absolute Gasteiger partial charge is 0.343 e. The standard InChI is InChI=1S/C16H19N9O3/c1-23-14(25(27)28)8-17-15(23)16-21-20-13-7-6-12(22-24(13)16)19-9-18-10-2-4-11(26)5-3-10/h6-11,26H,2-5H2,1H3,(H,18,19,22). The molecule has 1 aliphatic rings. The first-order valence-electron chi connectivity index (χ1n) is 8.88. The van der Waals surface area contributed by atoms with E-state index in [1.807, 2.05) is 0 Å². The van der Waals surface area contributed by atoms with Crippen LogP contribution in [0.15, 0.2) is 23.3 Å². The summed E-state index contributed by atoms with van der Waals surface area (Å²) in [5, 5.41) is 36.1. The van der Waals surface area contributed by atoms with Crippen LogP contribution in [-0.2, 0) is 7.05 Å². The predicted molar refractivity (Wildman–Crippen MR) is 100 cm³/mol. The highest BCUT2D eigenvalue weighted by Gasteiger charge is 2.23. The number of aromatic nitrogens is 6. The number of aliphatic hydroxyl groups excluding tert-OH is 1. The Morgan fingerprint density at radius 2 is 2.07 bits per heavy atom. The van der Waals surface area contributed by atoms with Crippen LogP contribution in [-0.4, -0.2) is 57.9 Å². The predicted octanol–water partition coefficient (Wildman–Crippen LogP) is 1.18. The molecule has 2 N–H and O–H groups in total. The van der Waals surface area contributed by atoms with Crippen molar-refractivity contribution in [2.45, 2.75) is 37.8 Å². The van der Waals surface area contributed by atoms with Crippen molar-refractivity contribution in [2.75, 3.05) is 5.32 Å². The minimum Gasteiger partial charge on any atom is -0.393 e. The second-order valence-corrected chi connectivity index (χ2v) is 6.65. The lowest BCUT2D eigenvalue weighted by molar-refractivity contribution is -0.391. The van der Waals surface area contributed by atoms with Gasteiger partial charge in [-0.15, -0.1) is 15.3 Å². The molecule has 0 atom stereocenters. The maximum absolute atomic E-state index is 11.0. The number of nitrogens with one attached hydrogen (secondary N) is 1. The molecule has 3 aromatic rings. The van der Waals surface area contributed by atoms with Crippen LogP contribution < -0.4 is 5.32 Å². The Morgan fingerprint density at radius 3 is 2.79 bits per heavy atom. The molecule has 1 aliphatic carbocycles. The molecule has 4 rings (SSSR count). The maximum Gasteiger partial charge on any atom is 0.343 e. The van der Waals surface area contributed by atoms with Crippen molar-refractivity contribution < 1.29 is 10.0 Å². The van der Waals surface area contributed by atoms with Crippen LogP contribution in [0.4, 0.5) is 11.6 Å². The fourth-order valence-corrected chi connectivity index (χ4v) is 3.20. The van der Waals surface area contributed by atoms with Gasteiger partial charge in [0.25, 0.3) is 5.82 Å². The van der Waals surface area contributed by atoms with Crippen molar-refractivity contribution >= 4 is 23.6 Å². The summed E-state index contributed by atoms with van der Waals surface area (Å²) in [6.45, 7) is 0. The van der Waals surface area contributed by atoms with E-state index in [-0.39, 0.29) is 18.0 Å². The van der Waals surface area contributed by atoms with E-state index in [4.69, 9.17) is 0 Å². The first kappa shape index (κ1) is 18.0. The molecule has 0 aliphatic heterocycles. The van der Waals surface area contributed by atoms with Crippen molar-refractivity contribution in [3.8, 4) is 11.6 Å². The molecular weight excluding hydrogens is 366 g/mol. The molecule has 12 heteroatoms. The molecule has 0 saturated heterocycles. The Hall–Kier alpha value is -3.41. The summed E-state index contributed by atoms with van der Waals surface area (Å²) < 4.78 is 2.80. The zero-order chi connectivity index (χ0) is 19.7. The molecule has 1 saturated carbocycles. The Kier molecular flexibility index (Phi) is 4.69. The van der Waals surface area contributed by atoms with Gasteiger partial charge in [-0.1, -0.05) is 0 Å². The Balaban J connectivity index is 1.56. The summed E-state index contributed by atoms with van der Waals surface area (Å²) in [6.07, 6.45) is 5.83. The van der Waals surface area contributed by atoms with E-state index in [1.54, 1.807) is 18.5 Å². The van der Waals surface area contributed by atoms with Gasteiger partial charge >= 0.3 is 5.82 Å². The molecule has 28 heavy (non-hydrogen) atoms. The summed E-state index contributed by atoms with van der Waals surface area (Å²) in [5.41, 5.74) is 0.490. The third-order valence-corrected chi connectivity index (χ3v) is 4.78. The lowest BCUT2D eigenvalue weighted by Crippen LogP contribution is -2.21. The molecular formula is C16H19N9O3. The van der Waals surface area contributed by atoms with E-state index in [1.165, 1.54) is 22.3 Å². The largest absolute Gasteiger partial charge is 0.393 e. The first-order valence-corrected chi connectivity index (χ1v) is 8.88. The maximum atomic E-state index is 11.0. The number of anilines is 1. The van der Waals surface area contributed by atoms with Crippen molar-refractivity contribution in [3.63, 3.8) is 0 Å². The number of fused-ring (bicyclic) bond motifs is 1. The molecule has 0 unspecified atom stereocenters. The minimum atomic E-state index is -0.513. The minimum absolute atomic E-state index is 0.147. The van der Waals surface area contributed by atoms with E-state index < -0.39 is 4.92 Å². The lowest BCUT2D eigenvalue weighted by Gasteiger charge is -2.21. The Morgan fingerprint density at radius 1 is 1.29 bits per heavy atom. The lowest BCUT2D eigenvalue weighted by atomic mass is 9.94. The van der Waals surface area contributed by atoms with Crippen LogP contribution in [0.3, 0.4) is 0 Å². The number of imidazole rings is 1. The van der Waals surface area contributed by atoms with Gasteiger partial charge in [-0.05, 0) is 42.7 Å². The van der Waals surface area contributed by atoms with E-state index >= 15 is 0 Å². The summed E-state index contributed by atoms with van der Waals surface area (Å²) in [4.78, 5) is 19.1. The number of aliphatic hydroxyl groups is 1. The van der Waals surface area contributed by atoms with Gasteiger partial charge in [0.15, 0.2) is 11.5 Å². The molecule has 12 nitrogen and oxygen atoms in total. The molecule has 3 aromatic heterocycles. The topological polar surface area (TPSA) is 149 Å². The van der Waals surface area contributed by atoms with Gasteiger partial charge in [-0.3, -0.25) is 4.99 Å². The highest BCUT2D eigenvalue weighted by Crippen LogP contribution is 2.22. The quantitative estimate of drug-likeness (QED) is 0.288. The van der Waals surface area contributed by atoms with Crippen LogP contribution >= 0.6 is 0 Å². The molecule has 1 fully saturated rings. The van der Waals surface area contributed by atoms with Crippen molar-refractivity contribution in [1.29, 1.82) is 0 Å². The number of nitrogens with zero attached hydrogens (tertiary/aromatic N) is 8. The fourth-order valence-electron chi connectivity index (χ4n) is 3.20. The molecule has 0 amide bonds. The average Bonchev–Trinajstić information content (AvgIpc) is 3.26. The Labute approximate surface area is 159 Å².